The summed E-state index contributed by atoms with van der Waals surface area (Å²) in [6.45, 7) is 4.41. The van der Waals surface area contributed by atoms with Gasteiger partial charge in [-0.1, -0.05) is 0 Å². The highest BCUT2D eigenvalue weighted by molar-refractivity contribution is 5.88. The van der Waals surface area contributed by atoms with Gasteiger partial charge < -0.3 is 15.4 Å². The highest BCUT2D eigenvalue weighted by atomic mass is 16.5. The maximum absolute atomic E-state index is 12.2. The first-order valence-electron chi connectivity index (χ1n) is 8.56. The summed E-state index contributed by atoms with van der Waals surface area (Å²) in [5.41, 5.74) is 0. The van der Waals surface area contributed by atoms with E-state index in [0.717, 1.165) is 32.2 Å². The quantitative estimate of drug-likeness (QED) is 0.697. The number of nitrogens with one attached hydrogen (secondary N) is 2. The minimum atomic E-state index is -0.435. The van der Waals surface area contributed by atoms with Crippen LogP contribution in [0.1, 0.15) is 39.0 Å². The van der Waals surface area contributed by atoms with Crippen LogP contribution in [0.25, 0.3) is 0 Å². The summed E-state index contributed by atoms with van der Waals surface area (Å²) in [5.74, 6) is -0.589. The number of hydrogen-bond donors (Lipinski definition) is 2. The topological polar surface area (TPSA) is 87.7 Å². The number of carbonyl (C=O) groups excluding carboxylic acids is 3. The molecule has 0 aromatic carbocycles. The van der Waals surface area contributed by atoms with E-state index in [0.29, 0.717) is 26.1 Å². The van der Waals surface area contributed by atoms with E-state index in [1.807, 2.05) is 4.90 Å². The normalized spacial score (nSPS) is 26.0. The fraction of sp³-hybridized carbons (Fsp3) is 0.812. The monoisotopic (exact) mass is 325 g/mol. The van der Waals surface area contributed by atoms with E-state index in [1.54, 1.807) is 6.92 Å². The molecule has 2 fully saturated rings. The minimum absolute atomic E-state index is 0.0982. The predicted molar refractivity (Wildman–Crippen MR) is 84.6 cm³/mol. The van der Waals surface area contributed by atoms with Crippen LogP contribution in [0, 0.1) is 5.92 Å². The Balaban J connectivity index is 1.79. The smallest absolute Gasteiger partial charge is 0.310 e. The summed E-state index contributed by atoms with van der Waals surface area (Å²) >= 11 is 0. The fourth-order valence-electron chi connectivity index (χ4n) is 3.17. The number of hydrogen-bond acceptors (Lipinski definition) is 5. The van der Waals surface area contributed by atoms with Crippen LogP contribution in [0.3, 0.4) is 0 Å². The lowest BCUT2D eigenvalue weighted by atomic mass is 9.98. The lowest BCUT2D eigenvalue weighted by Crippen LogP contribution is -2.50. The number of ether oxygens (including phenoxy) is 1. The molecule has 0 aromatic rings. The van der Waals surface area contributed by atoms with Crippen LogP contribution >= 0.6 is 0 Å². The van der Waals surface area contributed by atoms with Gasteiger partial charge in [0.1, 0.15) is 6.04 Å². The molecule has 2 heterocycles. The Bertz CT molecular complexity index is 441. The first-order valence-corrected chi connectivity index (χ1v) is 8.56. The first kappa shape index (κ1) is 17.7. The Morgan fingerprint density at radius 2 is 2.13 bits per heavy atom. The van der Waals surface area contributed by atoms with Gasteiger partial charge in [-0.2, -0.15) is 0 Å². The summed E-state index contributed by atoms with van der Waals surface area (Å²) in [6.07, 6.45) is 4.25. The average molecular weight is 325 g/mol. The molecular weight excluding hydrogens is 298 g/mol. The van der Waals surface area contributed by atoms with Gasteiger partial charge in [-0.15, -0.1) is 0 Å². The van der Waals surface area contributed by atoms with E-state index in [2.05, 4.69) is 10.6 Å². The third kappa shape index (κ3) is 5.49. The molecule has 2 amide bonds. The molecule has 2 aliphatic rings. The Kier molecular flexibility index (Phi) is 6.83. The van der Waals surface area contributed by atoms with E-state index in [1.165, 1.54) is 0 Å². The van der Waals surface area contributed by atoms with E-state index < -0.39 is 6.04 Å². The molecule has 0 unspecified atom stereocenters. The summed E-state index contributed by atoms with van der Waals surface area (Å²) in [6, 6.07) is -0.435. The zero-order chi connectivity index (χ0) is 16.7. The number of carbonyl (C=O) groups is 3. The third-order valence-corrected chi connectivity index (χ3v) is 4.36. The van der Waals surface area contributed by atoms with Gasteiger partial charge >= 0.3 is 5.97 Å². The van der Waals surface area contributed by atoms with E-state index >= 15 is 0 Å². The van der Waals surface area contributed by atoms with Gasteiger partial charge in [-0.3, -0.25) is 19.3 Å². The largest absolute Gasteiger partial charge is 0.466 e. The van der Waals surface area contributed by atoms with Crippen LogP contribution in [0.2, 0.25) is 0 Å². The Morgan fingerprint density at radius 1 is 1.30 bits per heavy atom. The lowest BCUT2D eigenvalue weighted by molar-refractivity contribution is -0.150. The molecule has 130 valence electrons. The van der Waals surface area contributed by atoms with Crippen molar-refractivity contribution in [3.8, 4) is 0 Å². The molecule has 23 heavy (non-hydrogen) atoms. The second-order valence-corrected chi connectivity index (χ2v) is 6.23. The van der Waals surface area contributed by atoms with E-state index in [-0.39, 0.29) is 30.2 Å². The number of piperidine rings is 1. The van der Waals surface area contributed by atoms with Crippen molar-refractivity contribution in [2.75, 3.05) is 32.8 Å². The van der Waals surface area contributed by atoms with Crippen molar-refractivity contribution >= 4 is 17.8 Å². The van der Waals surface area contributed by atoms with Gasteiger partial charge in [0.15, 0.2) is 0 Å². The van der Waals surface area contributed by atoms with Crippen molar-refractivity contribution in [3.63, 3.8) is 0 Å². The van der Waals surface area contributed by atoms with E-state index in [4.69, 9.17) is 4.74 Å². The summed E-state index contributed by atoms with van der Waals surface area (Å²) < 4.78 is 5.07. The lowest BCUT2D eigenvalue weighted by Gasteiger charge is -2.31. The molecule has 0 radical (unpaired) electrons. The third-order valence-electron chi connectivity index (χ3n) is 4.36. The summed E-state index contributed by atoms with van der Waals surface area (Å²) in [7, 11) is 0. The second kappa shape index (κ2) is 8.86. The van der Waals surface area contributed by atoms with E-state index in [9.17, 15) is 14.4 Å². The van der Waals surface area contributed by atoms with Gasteiger partial charge in [-0.25, -0.2) is 0 Å². The highest BCUT2D eigenvalue weighted by Crippen LogP contribution is 2.17. The molecule has 0 aromatic heterocycles. The molecule has 2 saturated heterocycles. The highest BCUT2D eigenvalue weighted by Gasteiger charge is 2.29. The molecule has 2 N–H and O–H groups in total. The van der Waals surface area contributed by atoms with Gasteiger partial charge in [0.05, 0.1) is 19.1 Å². The maximum Gasteiger partial charge on any atom is 0.310 e. The standard InChI is InChI=1S/C16H27N3O4/c1-2-23-16(22)12-6-5-9-19(10-12)11-14(20)18-13-7-3-4-8-17-15(13)21/h12-13H,2-11H2,1H3,(H,17,21)(H,18,20)/t12-,13-/m0/s1. The molecule has 0 saturated carbocycles. The number of esters is 1. The Morgan fingerprint density at radius 3 is 2.91 bits per heavy atom. The number of rotatable bonds is 5. The SMILES string of the molecule is CCOC(=O)[C@H]1CCCN(CC(=O)N[C@H]2CCCCNC2=O)C1. The molecule has 2 rings (SSSR count). The molecule has 0 spiro atoms. The van der Waals surface area contributed by atoms with Crippen molar-refractivity contribution in [1.29, 1.82) is 0 Å². The Hall–Kier alpha value is -1.63. The first-order chi connectivity index (χ1) is 11.1. The molecule has 7 nitrogen and oxygen atoms in total. The average Bonchev–Trinajstić information content (AvgIpc) is 2.73. The minimum Gasteiger partial charge on any atom is -0.466 e. The molecule has 0 aliphatic carbocycles. The van der Waals surface area contributed by atoms with Crippen molar-refractivity contribution in [2.45, 2.75) is 45.1 Å². The maximum atomic E-state index is 12.2. The molecule has 2 aliphatic heterocycles. The molecule has 2 atom stereocenters. The van der Waals surface area contributed by atoms with Crippen molar-refractivity contribution in [3.05, 3.63) is 0 Å². The molecule has 7 heteroatoms. The van der Waals surface area contributed by atoms with Crippen LogP contribution in [0.5, 0.6) is 0 Å². The van der Waals surface area contributed by atoms with Crippen molar-refractivity contribution in [2.24, 2.45) is 5.92 Å². The number of likely N-dealkylation sites (tertiary alicyclic amines) is 1. The zero-order valence-corrected chi connectivity index (χ0v) is 13.8. The van der Waals surface area contributed by atoms with Gasteiger partial charge in [0.25, 0.3) is 0 Å². The van der Waals surface area contributed by atoms with Gasteiger partial charge in [0, 0.05) is 13.1 Å². The van der Waals surface area contributed by atoms with Crippen LogP contribution in [-0.2, 0) is 19.1 Å². The zero-order valence-electron chi connectivity index (χ0n) is 13.8. The number of nitrogens with zero attached hydrogens (tertiary/aromatic N) is 1. The van der Waals surface area contributed by atoms with Crippen LogP contribution in [0.15, 0.2) is 0 Å². The van der Waals surface area contributed by atoms with Crippen molar-refractivity contribution in [1.82, 2.24) is 15.5 Å². The van der Waals surface area contributed by atoms with Crippen LogP contribution in [0.4, 0.5) is 0 Å². The summed E-state index contributed by atoms with van der Waals surface area (Å²) in [5, 5.41) is 5.63. The number of amides is 2. The second-order valence-electron chi connectivity index (χ2n) is 6.23. The summed E-state index contributed by atoms with van der Waals surface area (Å²) in [4.78, 5) is 37.8. The van der Waals surface area contributed by atoms with Crippen LogP contribution < -0.4 is 10.6 Å². The van der Waals surface area contributed by atoms with Gasteiger partial charge in [-0.05, 0) is 45.6 Å². The van der Waals surface area contributed by atoms with Crippen LogP contribution in [-0.4, -0.2) is 61.5 Å². The van der Waals surface area contributed by atoms with Gasteiger partial charge in [0.2, 0.25) is 11.8 Å². The Labute approximate surface area is 137 Å². The fourth-order valence-corrected chi connectivity index (χ4v) is 3.17. The predicted octanol–water partition coefficient (Wildman–Crippen LogP) is 0.0464. The molecular formula is C16H27N3O4. The molecule has 0 bridgehead atoms. The van der Waals surface area contributed by atoms with Crippen molar-refractivity contribution < 1.29 is 19.1 Å².